The van der Waals surface area contributed by atoms with Gasteiger partial charge in [0.15, 0.2) is 0 Å². The first-order valence-electron chi connectivity index (χ1n) is 6.64. The number of likely N-dealkylation sites (N-methyl/N-ethyl adjacent to an activating group) is 1. The number of carbonyl (C=O) groups is 1. The number of hydrogen-bond donors (Lipinski definition) is 1. The number of halogens is 2. The number of ether oxygens (including phenoxy) is 1. The minimum absolute atomic E-state index is 0. The molecule has 1 aromatic heterocycles. The number of benzene rings is 1. The van der Waals surface area contributed by atoms with Crippen molar-refractivity contribution in [3.63, 3.8) is 0 Å². The zero-order chi connectivity index (χ0) is 13.9. The van der Waals surface area contributed by atoms with Crippen molar-refractivity contribution in [3.05, 3.63) is 29.3 Å². The van der Waals surface area contributed by atoms with Crippen LogP contribution in [-0.4, -0.2) is 48.6 Å². The maximum Gasteiger partial charge on any atom is 0.242 e. The van der Waals surface area contributed by atoms with Gasteiger partial charge in [0, 0.05) is 13.6 Å². The van der Waals surface area contributed by atoms with Gasteiger partial charge in [0.1, 0.15) is 11.0 Å². The normalized spacial score (nSPS) is 17.4. The molecule has 3 rings (SSSR count). The number of fused-ring (bicyclic) bond motifs is 1. The van der Waals surface area contributed by atoms with Crippen LogP contribution in [0.1, 0.15) is 5.01 Å². The van der Waals surface area contributed by atoms with Crippen LogP contribution in [0.15, 0.2) is 24.3 Å². The molecule has 2 heterocycles. The van der Waals surface area contributed by atoms with E-state index in [0.29, 0.717) is 19.8 Å². The summed E-state index contributed by atoms with van der Waals surface area (Å²) in [6.45, 7) is 2.39. The van der Waals surface area contributed by atoms with Gasteiger partial charge in [-0.3, -0.25) is 4.79 Å². The first kappa shape index (κ1) is 19.1. The molecule has 2 aromatic rings. The van der Waals surface area contributed by atoms with Gasteiger partial charge in [-0.1, -0.05) is 12.1 Å². The lowest BCUT2D eigenvalue weighted by atomic mass is 10.2. The number of morpholine rings is 1. The minimum Gasteiger partial charge on any atom is -0.378 e. The van der Waals surface area contributed by atoms with Crippen molar-refractivity contribution in [1.29, 1.82) is 0 Å². The summed E-state index contributed by atoms with van der Waals surface area (Å²) in [4.78, 5) is 18.5. The first-order valence-corrected chi connectivity index (χ1v) is 7.46. The van der Waals surface area contributed by atoms with Gasteiger partial charge >= 0.3 is 0 Å². The molecule has 22 heavy (non-hydrogen) atoms. The summed E-state index contributed by atoms with van der Waals surface area (Å²) in [5.74, 6) is 0.0592. The van der Waals surface area contributed by atoms with Crippen LogP contribution >= 0.6 is 36.2 Å². The van der Waals surface area contributed by atoms with Crippen molar-refractivity contribution < 1.29 is 9.53 Å². The molecular formula is C14H19Cl2N3O2S. The molecule has 0 saturated carbocycles. The fraction of sp³-hybridized carbons (Fsp3) is 0.429. The number of hydrogen-bond acceptors (Lipinski definition) is 5. The molecule has 0 radical (unpaired) electrons. The zero-order valence-corrected chi connectivity index (χ0v) is 14.6. The molecule has 1 saturated heterocycles. The summed E-state index contributed by atoms with van der Waals surface area (Å²) in [6.07, 6.45) is 0. The van der Waals surface area contributed by atoms with Crippen molar-refractivity contribution in [1.82, 2.24) is 15.2 Å². The quantitative estimate of drug-likeness (QED) is 0.906. The highest BCUT2D eigenvalue weighted by atomic mass is 35.5. The molecule has 1 aliphatic rings. The summed E-state index contributed by atoms with van der Waals surface area (Å²) in [5, 5.41) is 4.14. The molecule has 0 bridgehead atoms. The monoisotopic (exact) mass is 363 g/mol. The molecule has 1 unspecified atom stereocenters. The van der Waals surface area contributed by atoms with Gasteiger partial charge in [-0.05, 0) is 12.1 Å². The van der Waals surface area contributed by atoms with Crippen molar-refractivity contribution >= 4 is 52.3 Å². The zero-order valence-electron chi connectivity index (χ0n) is 12.2. The summed E-state index contributed by atoms with van der Waals surface area (Å²) in [5.41, 5.74) is 0.993. The summed E-state index contributed by atoms with van der Waals surface area (Å²) >= 11 is 1.63. The number of carbonyl (C=O) groups excluding carboxylic acids is 1. The van der Waals surface area contributed by atoms with Gasteiger partial charge in [-0.15, -0.1) is 36.2 Å². The van der Waals surface area contributed by atoms with Crippen LogP contribution in [0.2, 0.25) is 0 Å². The standard InChI is InChI=1S/C14H17N3O2S.2ClH/c1-17(14(18)11-9-19-7-6-15-11)8-13-16-10-4-2-3-5-12(10)20-13;;/h2-5,11,15H,6-9H2,1H3;2*1H. The number of nitrogens with one attached hydrogen (secondary N) is 1. The van der Waals surface area contributed by atoms with E-state index in [2.05, 4.69) is 16.4 Å². The number of rotatable bonds is 3. The largest absolute Gasteiger partial charge is 0.378 e. The predicted molar refractivity (Wildman–Crippen MR) is 93.2 cm³/mol. The van der Waals surface area contributed by atoms with Gasteiger partial charge in [0.05, 0.1) is 30.0 Å². The highest BCUT2D eigenvalue weighted by Crippen LogP contribution is 2.22. The maximum atomic E-state index is 12.3. The van der Waals surface area contributed by atoms with E-state index in [0.717, 1.165) is 21.8 Å². The summed E-state index contributed by atoms with van der Waals surface area (Å²) in [7, 11) is 1.81. The summed E-state index contributed by atoms with van der Waals surface area (Å²) in [6, 6.07) is 7.79. The molecule has 5 nitrogen and oxygen atoms in total. The molecule has 1 amide bonds. The Morgan fingerprint density at radius 2 is 2.23 bits per heavy atom. The van der Waals surface area contributed by atoms with Crippen LogP contribution in [0.5, 0.6) is 0 Å². The highest BCUT2D eigenvalue weighted by molar-refractivity contribution is 7.18. The summed E-state index contributed by atoms with van der Waals surface area (Å²) < 4.78 is 6.48. The van der Waals surface area contributed by atoms with E-state index in [-0.39, 0.29) is 36.8 Å². The lowest BCUT2D eigenvalue weighted by molar-refractivity contribution is -0.135. The fourth-order valence-electron chi connectivity index (χ4n) is 2.26. The fourth-order valence-corrected chi connectivity index (χ4v) is 3.28. The molecule has 0 spiro atoms. The third-order valence-electron chi connectivity index (χ3n) is 3.31. The average Bonchev–Trinajstić information content (AvgIpc) is 2.89. The molecule has 1 aromatic carbocycles. The first-order chi connectivity index (χ1) is 9.74. The number of amides is 1. The Hall–Kier alpha value is -0.920. The molecule has 1 N–H and O–H groups in total. The van der Waals surface area contributed by atoms with E-state index in [1.54, 1.807) is 16.2 Å². The molecule has 1 fully saturated rings. The van der Waals surface area contributed by atoms with Crippen molar-refractivity contribution in [3.8, 4) is 0 Å². The molecule has 8 heteroatoms. The van der Waals surface area contributed by atoms with Crippen LogP contribution < -0.4 is 5.32 Å². The Morgan fingerprint density at radius 1 is 1.45 bits per heavy atom. The second kappa shape index (κ2) is 8.64. The third kappa shape index (κ3) is 4.30. The van der Waals surface area contributed by atoms with E-state index in [4.69, 9.17) is 4.74 Å². The van der Waals surface area contributed by atoms with Gasteiger partial charge < -0.3 is 15.0 Å². The lowest BCUT2D eigenvalue weighted by Gasteiger charge is -2.27. The molecule has 1 atom stereocenters. The van der Waals surface area contributed by atoms with Gasteiger partial charge in [0.25, 0.3) is 0 Å². The van der Waals surface area contributed by atoms with Crippen LogP contribution in [0.4, 0.5) is 0 Å². The Labute approximate surface area is 145 Å². The number of aromatic nitrogens is 1. The van der Waals surface area contributed by atoms with Crippen molar-refractivity contribution in [2.45, 2.75) is 12.6 Å². The topological polar surface area (TPSA) is 54.5 Å². The van der Waals surface area contributed by atoms with Crippen LogP contribution in [0, 0.1) is 0 Å². The number of thiazole rings is 1. The smallest absolute Gasteiger partial charge is 0.242 e. The number of nitrogens with zero attached hydrogens (tertiary/aromatic N) is 2. The molecule has 0 aliphatic carbocycles. The predicted octanol–water partition coefficient (Wildman–Crippen LogP) is 2.09. The lowest BCUT2D eigenvalue weighted by Crippen LogP contribution is -2.51. The van der Waals surface area contributed by atoms with Crippen molar-refractivity contribution in [2.24, 2.45) is 0 Å². The van der Waals surface area contributed by atoms with Crippen molar-refractivity contribution in [2.75, 3.05) is 26.8 Å². The van der Waals surface area contributed by atoms with Gasteiger partial charge in [-0.2, -0.15) is 0 Å². The van der Waals surface area contributed by atoms with E-state index in [9.17, 15) is 4.79 Å². The van der Waals surface area contributed by atoms with E-state index < -0.39 is 0 Å². The molecule has 122 valence electrons. The minimum atomic E-state index is -0.233. The van der Waals surface area contributed by atoms with Gasteiger partial charge in [0.2, 0.25) is 5.91 Å². The van der Waals surface area contributed by atoms with E-state index >= 15 is 0 Å². The third-order valence-corrected chi connectivity index (χ3v) is 4.33. The Bertz CT molecular complexity index is 584. The van der Waals surface area contributed by atoms with Crippen LogP contribution in [0.25, 0.3) is 10.2 Å². The Kier molecular flexibility index (Phi) is 7.52. The average molecular weight is 364 g/mol. The molecular weight excluding hydrogens is 345 g/mol. The number of para-hydroxylation sites is 1. The van der Waals surface area contributed by atoms with E-state index in [1.807, 2.05) is 25.2 Å². The SMILES string of the molecule is CN(Cc1nc2ccccc2s1)C(=O)C1COCCN1.Cl.Cl. The maximum absolute atomic E-state index is 12.3. The second-order valence-electron chi connectivity index (χ2n) is 4.85. The Balaban J connectivity index is 0.00000121. The van der Waals surface area contributed by atoms with Crippen LogP contribution in [-0.2, 0) is 16.1 Å². The van der Waals surface area contributed by atoms with Crippen LogP contribution in [0.3, 0.4) is 0 Å². The second-order valence-corrected chi connectivity index (χ2v) is 5.97. The Morgan fingerprint density at radius 3 is 2.91 bits per heavy atom. The van der Waals surface area contributed by atoms with Gasteiger partial charge in [-0.25, -0.2) is 4.98 Å². The molecule has 1 aliphatic heterocycles. The highest BCUT2D eigenvalue weighted by Gasteiger charge is 2.24. The van der Waals surface area contributed by atoms with E-state index in [1.165, 1.54) is 0 Å².